The van der Waals surface area contributed by atoms with Crippen LogP contribution in [0.2, 0.25) is 10.0 Å². The molecule has 0 fully saturated rings. The summed E-state index contributed by atoms with van der Waals surface area (Å²) >= 11 is 20.2. The number of halogens is 4. The van der Waals surface area contributed by atoms with Crippen LogP contribution in [-0.2, 0) is 0 Å². The van der Waals surface area contributed by atoms with Crippen molar-refractivity contribution >= 4 is 87.7 Å². The molecule has 0 saturated heterocycles. The third kappa shape index (κ3) is 3.41. The Labute approximate surface area is 168 Å². The van der Waals surface area contributed by atoms with Gasteiger partial charge in [-0.2, -0.15) is 0 Å². The molecular weight excluding hydrogens is 503 g/mol. The summed E-state index contributed by atoms with van der Waals surface area (Å²) in [4.78, 5) is 16.9. The number of carbonyl (C=O) groups is 1. The number of carbonyl (C=O) groups excluding carboxylic acids is 1. The first-order valence-corrected chi connectivity index (χ1v) is 9.65. The number of fused-ring (bicyclic) bond motifs is 1. The molecule has 0 bridgehead atoms. The Bertz CT molecular complexity index is 962. The first-order valence-electron chi connectivity index (χ1n) is 6.49. The SMILES string of the molecule is COc1c(Br)cc(Br)cc1C(=O)Nc1nc2c(Cl)c(Cl)ccc2s1. The second-order valence-electron chi connectivity index (χ2n) is 4.65. The predicted octanol–water partition coefficient (Wildman–Crippen LogP) is 6.39. The van der Waals surface area contributed by atoms with E-state index in [4.69, 9.17) is 27.9 Å². The van der Waals surface area contributed by atoms with Gasteiger partial charge in [0, 0.05) is 4.47 Å². The number of rotatable bonds is 3. The Balaban J connectivity index is 1.97. The molecule has 3 aromatic rings. The van der Waals surface area contributed by atoms with Crippen molar-refractivity contribution in [1.82, 2.24) is 4.98 Å². The molecule has 0 atom stereocenters. The molecule has 1 N–H and O–H groups in total. The van der Waals surface area contributed by atoms with Crippen LogP contribution >= 0.6 is 66.4 Å². The highest BCUT2D eigenvalue weighted by Crippen LogP contribution is 2.36. The van der Waals surface area contributed by atoms with Crippen LogP contribution in [0.25, 0.3) is 10.2 Å². The fourth-order valence-corrected chi connectivity index (χ4v) is 4.76. The molecule has 2 aromatic carbocycles. The van der Waals surface area contributed by atoms with Gasteiger partial charge in [-0.3, -0.25) is 10.1 Å². The van der Waals surface area contributed by atoms with Gasteiger partial charge in [0.1, 0.15) is 11.3 Å². The van der Waals surface area contributed by atoms with Crippen molar-refractivity contribution in [3.8, 4) is 5.75 Å². The number of anilines is 1. The molecule has 124 valence electrons. The maximum absolute atomic E-state index is 12.6. The minimum atomic E-state index is -0.338. The number of thiazole rings is 1. The lowest BCUT2D eigenvalue weighted by Crippen LogP contribution is -2.13. The number of hydrogen-bond donors (Lipinski definition) is 1. The molecule has 4 nitrogen and oxygen atoms in total. The largest absolute Gasteiger partial charge is 0.495 e. The van der Waals surface area contributed by atoms with Crippen molar-refractivity contribution in [2.45, 2.75) is 0 Å². The van der Waals surface area contributed by atoms with E-state index in [1.807, 2.05) is 6.07 Å². The van der Waals surface area contributed by atoms with Gasteiger partial charge in [-0.1, -0.05) is 50.5 Å². The van der Waals surface area contributed by atoms with Crippen LogP contribution < -0.4 is 10.1 Å². The van der Waals surface area contributed by atoms with Crippen LogP contribution in [0, 0.1) is 0 Å². The summed E-state index contributed by atoms with van der Waals surface area (Å²) in [5, 5.41) is 3.99. The third-order valence-corrected chi connectivity index (χ3v) is 5.91. The number of amides is 1. The van der Waals surface area contributed by atoms with Crippen LogP contribution in [-0.4, -0.2) is 18.0 Å². The fraction of sp³-hybridized carbons (Fsp3) is 0.0667. The minimum absolute atomic E-state index is 0.338. The molecule has 0 aliphatic rings. The Kier molecular flexibility index (Phi) is 5.36. The summed E-state index contributed by atoms with van der Waals surface area (Å²) in [6.45, 7) is 0. The van der Waals surface area contributed by atoms with E-state index in [1.165, 1.54) is 18.4 Å². The minimum Gasteiger partial charge on any atom is -0.495 e. The van der Waals surface area contributed by atoms with Crippen molar-refractivity contribution in [2.24, 2.45) is 0 Å². The van der Waals surface area contributed by atoms with Gasteiger partial charge in [-0.05, 0) is 40.2 Å². The van der Waals surface area contributed by atoms with Crippen molar-refractivity contribution in [3.63, 3.8) is 0 Å². The van der Waals surface area contributed by atoms with E-state index in [-0.39, 0.29) is 5.91 Å². The smallest absolute Gasteiger partial charge is 0.261 e. The van der Waals surface area contributed by atoms with Gasteiger partial charge in [0.25, 0.3) is 5.91 Å². The summed E-state index contributed by atoms with van der Waals surface area (Å²) in [5.41, 5.74) is 0.939. The summed E-state index contributed by atoms with van der Waals surface area (Å²) in [6.07, 6.45) is 0. The molecule has 0 unspecified atom stereocenters. The van der Waals surface area contributed by atoms with E-state index in [1.54, 1.807) is 18.2 Å². The van der Waals surface area contributed by atoms with Crippen LogP contribution in [0.5, 0.6) is 5.75 Å². The molecule has 0 aliphatic heterocycles. The van der Waals surface area contributed by atoms with Gasteiger partial charge in [0.15, 0.2) is 5.13 Å². The zero-order valence-electron chi connectivity index (χ0n) is 12.0. The van der Waals surface area contributed by atoms with Gasteiger partial charge in [-0.25, -0.2) is 4.98 Å². The maximum atomic E-state index is 12.6. The van der Waals surface area contributed by atoms with E-state index in [0.29, 0.717) is 36.5 Å². The number of methoxy groups -OCH3 is 1. The van der Waals surface area contributed by atoms with E-state index in [0.717, 1.165) is 9.17 Å². The summed E-state index contributed by atoms with van der Waals surface area (Å²) in [5.74, 6) is 0.105. The highest BCUT2D eigenvalue weighted by molar-refractivity contribution is 9.11. The van der Waals surface area contributed by atoms with Crippen LogP contribution in [0.1, 0.15) is 10.4 Å². The van der Waals surface area contributed by atoms with E-state index in [2.05, 4.69) is 42.2 Å². The summed E-state index contributed by atoms with van der Waals surface area (Å²) < 4.78 is 7.55. The van der Waals surface area contributed by atoms with Gasteiger partial charge >= 0.3 is 0 Å². The normalized spacial score (nSPS) is 10.9. The number of benzene rings is 2. The zero-order chi connectivity index (χ0) is 17.4. The van der Waals surface area contributed by atoms with Gasteiger partial charge < -0.3 is 4.74 Å². The zero-order valence-corrected chi connectivity index (χ0v) is 17.5. The van der Waals surface area contributed by atoms with Gasteiger partial charge in [0.05, 0.1) is 31.9 Å². The molecule has 24 heavy (non-hydrogen) atoms. The second-order valence-corrected chi connectivity index (χ2v) is 8.24. The van der Waals surface area contributed by atoms with Gasteiger partial charge in [-0.15, -0.1) is 0 Å². The van der Waals surface area contributed by atoms with Gasteiger partial charge in [0.2, 0.25) is 0 Å². The number of nitrogens with zero attached hydrogens (tertiary/aromatic N) is 1. The Hall–Kier alpha value is -0.860. The lowest BCUT2D eigenvalue weighted by molar-refractivity contribution is 0.102. The van der Waals surface area contributed by atoms with Crippen molar-refractivity contribution < 1.29 is 9.53 Å². The number of ether oxygens (including phenoxy) is 1. The highest BCUT2D eigenvalue weighted by atomic mass is 79.9. The van der Waals surface area contributed by atoms with Crippen molar-refractivity contribution in [1.29, 1.82) is 0 Å². The lowest BCUT2D eigenvalue weighted by atomic mass is 10.2. The average Bonchev–Trinajstić information content (AvgIpc) is 2.93. The molecule has 0 spiro atoms. The molecule has 1 aromatic heterocycles. The molecule has 1 amide bonds. The molecule has 0 aliphatic carbocycles. The van der Waals surface area contributed by atoms with Crippen LogP contribution in [0.4, 0.5) is 5.13 Å². The molecular formula is C15H8Br2Cl2N2O2S. The Morgan fingerprint density at radius 1 is 1.29 bits per heavy atom. The van der Waals surface area contributed by atoms with Crippen LogP contribution in [0.15, 0.2) is 33.2 Å². The predicted molar refractivity (Wildman–Crippen MR) is 106 cm³/mol. The Morgan fingerprint density at radius 2 is 2.04 bits per heavy atom. The number of aromatic nitrogens is 1. The monoisotopic (exact) mass is 508 g/mol. The molecule has 9 heteroatoms. The standard InChI is InChI=1S/C15H8Br2Cl2N2O2S/c1-23-13-7(4-6(16)5-8(13)17)14(22)21-15-20-12-10(24-15)3-2-9(18)11(12)19/h2-5H,1H3,(H,20,21,22). The second kappa shape index (κ2) is 7.17. The molecule has 1 heterocycles. The molecule has 3 rings (SSSR count). The van der Waals surface area contributed by atoms with Crippen molar-refractivity contribution in [2.75, 3.05) is 12.4 Å². The lowest BCUT2D eigenvalue weighted by Gasteiger charge is -2.10. The Morgan fingerprint density at radius 3 is 2.75 bits per heavy atom. The summed E-state index contributed by atoms with van der Waals surface area (Å²) in [7, 11) is 1.50. The third-order valence-electron chi connectivity index (χ3n) is 3.13. The van der Waals surface area contributed by atoms with Crippen molar-refractivity contribution in [3.05, 3.63) is 48.8 Å². The number of hydrogen-bond acceptors (Lipinski definition) is 4. The molecule has 0 saturated carbocycles. The first kappa shape index (κ1) is 17.9. The average molecular weight is 511 g/mol. The first-order chi connectivity index (χ1) is 11.4. The van der Waals surface area contributed by atoms with E-state index < -0.39 is 0 Å². The fourth-order valence-electron chi connectivity index (χ4n) is 2.09. The maximum Gasteiger partial charge on any atom is 0.261 e. The quantitative estimate of drug-likeness (QED) is 0.444. The topological polar surface area (TPSA) is 51.2 Å². The summed E-state index contributed by atoms with van der Waals surface area (Å²) in [6, 6.07) is 6.99. The number of nitrogens with one attached hydrogen (secondary N) is 1. The van der Waals surface area contributed by atoms with E-state index >= 15 is 0 Å². The van der Waals surface area contributed by atoms with E-state index in [9.17, 15) is 4.79 Å². The van der Waals surface area contributed by atoms with Crippen LogP contribution in [0.3, 0.4) is 0 Å². The molecule has 0 radical (unpaired) electrons. The highest BCUT2D eigenvalue weighted by Gasteiger charge is 2.18.